The minimum atomic E-state index is 0.227. The molecule has 0 fully saturated rings. The van der Waals surface area contributed by atoms with E-state index in [2.05, 4.69) is 146 Å². The van der Waals surface area contributed by atoms with Gasteiger partial charge in [0.05, 0.1) is 0 Å². The number of hydrogen-bond acceptors (Lipinski definition) is 0. The monoisotopic (exact) mass is 432 g/mol. The summed E-state index contributed by atoms with van der Waals surface area (Å²) >= 11 is 0. The van der Waals surface area contributed by atoms with Gasteiger partial charge in [0.2, 0.25) is 6.71 Å². The van der Waals surface area contributed by atoms with Gasteiger partial charge in [0, 0.05) is 0 Å². The molecular formula is C33H25B. The van der Waals surface area contributed by atoms with Crippen LogP contribution in [0.15, 0.2) is 146 Å². The van der Waals surface area contributed by atoms with Crippen molar-refractivity contribution in [1.82, 2.24) is 0 Å². The molecule has 4 aromatic carbocycles. The molecule has 0 nitrogen and oxygen atoms in total. The summed E-state index contributed by atoms with van der Waals surface area (Å²) in [5.74, 6) is 0.310. The van der Waals surface area contributed by atoms with Gasteiger partial charge in [-0.2, -0.15) is 0 Å². The normalized spacial score (nSPS) is 15.6. The van der Waals surface area contributed by atoms with Crippen LogP contribution in [0.5, 0.6) is 0 Å². The van der Waals surface area contributed by atoms with Crippen molar-refractivity contribution < 1.29 is 0 Å². The van der Waals surface area contributed by atoms with Crippen molar-refractivity contribution in [2.24, 2.45) is 0 Å². The number of rotatable bonds is 5. The lowest BCUT2D eigenvalue weighted by molar-refractivity contribution is 1.38. The highest BCUT2D eigenvalue weighted by molar-refractivity contribution is 7.02. The number of hydrogen-bond donors (Lipinski definition) is 0. The summed E-state index contributed by atoms with van der Waals surface area (Å²) in [6, 6.07) is 43.8. The van der Waals surface area contributed by atoms with E-state index in [1.54, 1.807) is 0 Å². The minimum Gasteiger partial charge on any atom is -0.0842 e. The summed E-state index contributed by atoms with van der Waals surface area (Å²) in [5.41, 5.74) is 10.6. The molecule has 0 atom stereocenters. The van der Waals surface area contributed by atoms with Crippen LogP contribution >= 0.6 is 0 Å². The van der Waals surface area contributed by atoms with E-state index < -0.39 is 0 Å². The summed E-state index contributed by atoms with van der Waals surface area (Å²) in [4.78, 5) is 0. The summed E-state index contributed by atoms with van der Waals surface area (Å²) in [5, 5.41) is 0. The van der Waals surface area contributed by atoms with Gasteiger partial charge in [0.1, 0.15) is 0 Å². The lowest BCUT2D eigenvalue weighted by Crippen LogP contribution is -2.21. The Morgan fingerprint density at radius 1 is 0.382 bits per heavy atom. The second kappa shape index (κ2) is 9.04. The van der Waals surface area contributed by atoms with E-state index in [0.717, 1.165) is 0 Å². The van der Waals surface area contributed by atoms with Crippen molar-refractivity contribution in [1.29, 1.82) is 0 Å². The zero-order valence-corrected chi connectivity index (χ0v) is 19.0. The first-order valence-electron chi connectivity index (χ1n) is 12.0. The van der Waals surface area contributed by atoms with Gasteiger partial charge in [-0.25, -0.2) is 0 Å². The van der Waals surface area contributed by atoms with Crippen LogP contribution in [-0.2, 0) is 0 Å². The highest BCUT2D eigenvalue weighted by Crippen LogP contribution is 2.54. The minimum absolute atomic E-state index is 0.227. The Morgan fingerprint density at radius 2 is 0.706 bits per heavy atom. The molecule has 0 radical (unpaired) electrons. The topological polar surface area (TPSA) is 0 Å². The first-order chi connectivity index (χ1) is 16.9. The lowest BCUT2D eigenvalue weighted by Gasteiger charge is -2.22. The molecule has 34 heavy (non-hydrogen) atoms. The predicted molar refractivity (Wildman–Crippen MR) is 147 cm³/mol. The van der Waals surface area contributed by atoms with E-state index >= 15 is 0 Å². The zero-order valence-electron chi connectivity index (χ0n) is 19.0. The highest BCUT2D eigenvalue weighted by atomic mass is 14.3. The molecule has 6 rings (SSSR count). The second-order valence-corrected chi connectivity index (χ2v) is 8.87. The SMILES string of the molecule is C1=CC(B2C(c3ccccc3)=C(c3ccccc3)C(c3ccccc3)=C2c2ccccc2)C=C1. The fraction of sp³-hybridized carbons (Fsp3) is 0.0303. The predicted octanol–water partition coefficient (Wildman–Crippen LogP) is 8.29. The molecule has 0 bridgehead atoms. The Bertz CT molecular complexity index is 1300. The molecule has 0 saturated carbocycles. The zero-order chi connectivity index (χ0) is 22.7. The van der Waals surface area contributed by atoms with Crippen molar-refractivity contribution >= 4 is 28.8 Å². The van der Waals surface area contributed by atoms with Gasteiger partial charge in [0.25, 0.3) is 0 Å². The fourth-order valence-electron chi connectivity index (χ4n) is 5.47. The van der Waals surface area contributed by atoms with E-state index in [4.69, 9.17) is 0 Å². The molecule has 1 heterocycles. The van der Waals surface area contributed by atoms with Crippen LogP contribution in [0.25, 0.3) is 22.1 Å². The average Bonchev–Trinajstić information content (AvgIpc) is 3.57. The van der Waals surface area contributed by atoms with Gasteiger partial charge in [-0.3, -0.25) is 0 Å². The third-order valence-corrected chi connectivity index (χ3v) is 6.87. The quantitative estimate of drug-likeness (QED) is 0.278. The molecule has 4 aromatic rings. The summed E-state index contributed by atoms with van der Waals surface area (Å²) in [6.45, 7) is 0.227. The molecular weight excluding hydrogens is 407 g/mol. The lowest BCUT2D eigenvalue weighted by atomic mass is 9.32. The van der Waals surface area contributed by atoms with Crippen LogP contribution in [0.1, 0.15) is 22.3 Å². The molecule has 1 heteroatoms. The van der Waals surface area contributed by atoms with Gasteiger partial charge in [-0.15, -0.1) is 0 Å². The first-order valence-corrected chi connectivity index (χ1v) is 12.0. The molecule has 0 amide bonds. The van der Waals surface area contributed by atoms with Gasteiger partial charge < -0.3 is 0 Å². The number of allylic oxidation sites excluding steroid dienone is 6. The third kappa shape index (κ3) is 3.60. The van der Waals surface area contributed by atoms with E-state index in [1.807, 2.05) is 0 Å². The summed E-state index contributed by atoms with van der Waals surface area (Å²) in [6.07, 6.45) is 9.09. The van der Waals surface area contributed by atoms with Gasteiger partial charge >= 0.3 is 0 Å². The van der Waals surface area contributed by atoms with Crippen LogP contribution in [0.2, 0.25) is 5.82 Å². The van der Waals surface area contributed by atoms with E-state index in [1.165, 1.54) is 44.3 Å². The van der Waals surface area contributed by atoms with Crippen LogP contribution in [0.4, 0.5) is 0 Å². The van der Waals surface area contributed by atoms with Gasteiger partial charge in [-0.05, 0) is 39.2 Å². The molecule has 2 aliphatic rings. The highest BCUT2D eigenvalue weighted by Gasteiger charge is 2.42. The van der Waals surface area contributed by atoms with Crippen molar-refractivity contribution in [3.63, 3.8) is 0 Å². The Balaban J connectivity index is 1.75. The van der Waals surface area contributed by atoms with Crippen molar-refractivity contribution in [3.05, 3.63) is 168 Å². The fourth-order valence-corrected chi connectivity index (χ4v) is 5.47. The third-order valence-electron chi connectivity index (χ3n) is 6.87. The Kier molecular flexibility index (Phi) is 5.45. The molecule has 0 N–H and O–H groups in total. The van der Waals surface area contributed by atoms with Gasteiger partial charge in [0.15, 0.2) is 0 Å². The maximum atomic E-state index is 2.35. The average molecular weight is 432 g/mol. The van der Waals surface area contributed by atoms with Crippen LogP contribution in [0, 0.1) is 0 Å². The Labute approximate surface area is 202 Å². The Morgan fingerprint density at radius 3 is 1.06 bits per heavy atom. The van der Waals surface area contributed by atoms with Crippen molar-refractivity contribution in [2.75, 3.05) is 0 Å². The smallest absolute Gasteiger partial charge is 0.0842 e. The van der Waals surface area contributed by atoms with Gasteiger partial charge in [-0.1, -0.05) is 157 Å². The van der Waals surface area contributed by atoms with Crippen molar-refractivity contribution in [3.8, 4) is 0 Å². The maximum Gasteiger partial charge on any atom is 0.223 e. The molecule has 0 unspecified atom stereocenters. The van der Waals surface area contributed by atoms with Crippen molar-refractivity contribution in [2.45, 2.75) is 5.82 Å². The summed E-state index contributed by atoms with van der Waals surface area (Å²) in [7, 11) is 0. The van der Waals surface area contributed by atoms with Crippen LogP contribution in [-0.4, -0.2) is 6.71 Å². The Hall–Kier alpha value is -4.10. The standard InChI is InChI=1S/C33H25B/c1-5-15-25(16-6-1)30-31(26-17-7-2-8-18-26)33(28-21-11-4-12-22-28)34(29-23-13-14-24-29)32(30)27-19-9-3-10-20-27/h1-24,29H. The van der Waals surface area contributed by atoms with Crippen LogP contribution < -0.4 is 0 Å². The molecule has 160 valence electrons. The summed E-state index contributed by atoms with van der Waals surface area (Å²) < 4.78 is 0. The first kappa shape index (κ1) is 20.5. The molecule has 1 aliphatic heterocycles. The molecule has 0 saturated heterocycles. The largest absolute Gasteiger partial charge is 0.223 e. The van der Waals surface area contributed by atoms with E-state index in [-0.39, 0.29) is 6.71 Å². The van der Waals surface area contributed by atoms with Crippen LogP contribution in [0.3, 0.4) is 0 Å². The van der Waals surface area contributed by atoms with E-state index in [0.29, 0.717) is 5.82 Å². The van der Waals surface area contributed by atoms with E-state index in [9.17, 15) is 0 Å². The number of benzene rings is 4. The second-order valence-electron chi connectivity index (χ2n) is 8.87. The maximum absolute atomic E-state index is 2.35. The molecule has 0 spiro atoms. The molecule has 0 aromatic heterocycles. The molecule has 1 aliphatic carbocycles.